The van der Waals surface area contributed by atoms with Crippen LogP contribution in [0.1, 0.15) is 20.8 Å². The summed E-state index contributed by atoms with van der Waals surface area (Å²) < 4.78 is 0.901. The van der Waals surface area contributed by atoms with Crippen LogP contribution in [0.4, 0.5) is 0 Å². The maximum atomic E-state index is 11.2. The lowest BCUT2D eigenvalue weighted by Gasteiger charge is -2.27. The highest BCUT2D eigenvalue weighted by atomic mass is 32.2. The summed E-state index contributed by atoms with van der Waals surface area (Å²) >= 11 is 2.99. The number of thiazole rings is 1. The van der Waals surface area contributed by atoms with Crippen molar-refractivity contribution in [1.82, 2.24) is 10.3 Å². The molecule has 0 bridgehead atoms. The molecule has 90 valence electrons. The molecular formula is C10H16N2O2S2. The monoisotopic (exact) mass is 260 g/mol. The van der Waals surface area contributed by atoms with Gasteiger partial charge < -0.3 is 5.11 Å². The zero-order chi connectivity index (χ0) is 12.2. The van der Waals surface area contributed by atoms with E-state index in [0.717, 1.165) is 4.34 Å². The minimum absolute atomic E-state index is 0.137. The van der Waals surface area contributed by atoms with Crippen LogP contribution < -0.4 is 5.32 Å². The molecule has 0 aliphatic carbocycles. The van der Waals surface area contributed by atoms with E-state index >= 15 is 0 Å². The minimum atomic E-state index is -0.912. The van der Waals surface area contributed by atoms with Crippen molar-refractivity contribution in [3.8, 4) is 0 Å². The maximum Gasteiger partial charge on any atom is 0.324 e. The third kappa shape index (κ3) is 3.77. The fourth-order valence-corrected chi connectivity index (χ4v) is 3.02. The molecule has 0 aliphatic heterocycles. The van der Waals surface area contributed by atoms with Gasteiger partial charge in [0.15, 0.2) is 0 Å². The second-order valence-corrected chi connectivity index (χ2v) is 6.14. The number of nitrogens with one attached hydrogen (secondary N) is 1. The fourth-order valence-electron chi connectivity index (χ4n) is 1.29. The molecule has 1 rings (SSSR count). The van der Waals surface area contributed by atoms with Crippen molar-refractivity contribution in [3.63, 3.8) is 0 Å². The van der Waals surface area contributed by atoms with E-state index in [-0.39, 0.29) is 6.04 Å². The maximum absolute atomic E-state index is 11.2. The van der Waals surface area contributed by atoms with Crippen LogP contribution >= 0.6 is 23.1 Å². The Morgan fingerprint density at radius 2 is 2.44 bits per heavy atom. The molecule has 1 unspecified atom stereocenters. The van der Waals surface area contributed by atoms with Crippen molar-refractivity contribution >= 4 is 29.1 Å². The molecule has 1 heterocycles. The van der Waals surface area contributed by atoms with Gasteiger partial charge in [-0.3, -0.25) is 10.1 Å². The van der Waals surface area contributed by atoms with E-state index in [9.17, 15) is 9.90 Å². The van der Waals surface area contributed by atoms with Crippen LogP contribution in [0, 0.1) is 0 Å². The second-order valence-electron chi connectivity index (χ2n) is 4.02. The number of carboxylic acid groups (broad SMARTS) is 1. The van der Waals surface area contributed by atoms with Crippen LogP contribution in [0.3, 0.4) is 0 Å². The first-order valence-electron chi connectivity index (χ1n) is 4.97. The van der Waals surface area contributed by atoms with Crippen LogP contribution in [-0.2, 0) is 4.79 Å². The number of nitrogens with zero attached hydrogens (tertiary/aromatic N) is 1. The zero-order valence-corrected chi connectivity index (χ0v) is 11.2. The van der Waals surface area contributed by atoms with Crippen LogP contribution in [0.5, 0.6) is 0 Å². The lowest BCUT2D eigenvalue weighted by Crippen LogP contribution is -2.54. The van der Waals surface area contributed by atoms with Crippen molar-refractivity contribution in [1.29, 1.82) is 0 Å². The molecule has 0 radical (unpaired) electrons. The highest BCUT2D eigenvalue weighted by Crippen LogP contribution is 2.24. The van der Waals surface area contributed by atoms with Crippen molar-refractivity contribution in [2.45, 2.75) is 36.7 Å². The second kappa shape index (κ2) is 5.65. The summed E-state index contributed by atoms with van der Waals surface area (Å²) in [5, 5.41) is 14.2. The Morgan fingerprint density at radius 3 is 2.88 bits per heavy atom. The minimum Gasteiger partial charge on any atom is -0.480 e. The van der Waals surface area contributed by atoms with Gasteiger partial charge >= 0.3 is 5.97 Å². The van der Waals surface area contributed by atoms with Gasteiger partial charge in [-0.1, -0.05) is 11.8 Å². The van der Waals surface area contributed by atoms with Crippen LogP contribution in [-0.4, -0.2) is 33.4 Å². The Bertz CT molecular complexity index is 341. The molecule has 2 N–H and O–H groups in total. The summed E-state index contributed by atoms with van der Waals surface area (Å²) in [7, 11) is 0. The van der Waals surface area contributed by atoms with E-state index in [2.05, 4.69) is 10.3 Å². The van der Waals surface area contributed by atoms with Crippen LogP contribution in [0.15, 0.2) is 15.9 Å². The molecule has 0 saturated heterocycles. The average molecular weight is 260 g/mol. The van der Waals surface area contributed by atoms with E-state index in [4.69, 9.17) is 0 Å². The Balaban J connectivity index is 2.61. The van der Waals surface area contributed by atoms with E-state index in [1.54, 1.807) is 13.1 Å². The number of thioether (sulfide) groups is 1. The Morgan fingerprint density at radius 1 is 1.75 bits per heavy atom. The normalized spacial score (nSPS) is 15.0. The Kier molecular flexibility index (Phi) is 4.76. The number of aliphatic carboxylic acids is 1. The zero-order valence-electron chi connectivity index (χ0n) is 9.56. The van der Waals surface area contributed by atoms with Crippen molar-refractivity contribution in [3.05, 3.63) is 11.6 Å². The number of carboxylic acids is 1. The SMILES string of the molecule is CC(C)NC(C)(CSc1nccs1)C(=O)O. The predicted octanol–water partition coefficient (Wildman–Crippen LogP) is 2.08. The predicted molar refractivity (Wildman–Crippen MR) is 67.2 cm³/mol. The molecule has 1 atom stereocenters. The molecule has 1 aromatic rings. The lowest BCUT2D eigenvalue weighted by atomic mass is 10.1. The quantitative estimate of drug-likeness (QED) is 0.767. The van der Waals surface area contributed by atoms with Gasteiger partial charge in [0, 0.05) is 23.4 Å². The number of rotatable bonds is 6. The summed E-state index contributed by atoms with van der Waals surface area (Å²) in [6.07, 6.45) is 1.72. The van der Waals surface area contributed by atoms with Gasteiger partial charge in [0.1, 0.15) is 9.88 Å². The first kappa shape index (κ1) is 13.5. The van der Waals surface area contributed by atoms with E-state index in [0.29, 0.717) is 5.75 Å². The van der Waals surface area contributed by atoms with E-state index in [1.807, 2.05) is 19.2 Å². The smallest absolute Gasteiger partial charge is 0.324 e. The van der Waals surface area contributed by atoms with Crippen LogP contribution in [0.2, 0.25) is 0 Å². The van der Waals surface area contributed by atoms with Crippen molar-refractivity contribution in [2.75, 3.05) is 5.75 Å². The highest BCUT2D eigenvalue weighted by molar-refractivity contribution is 8.01. The molecule has 4 nitrogen and oxygen atoms in total. The van der Waals surface area contributed by atoms with Gasteiger partial charge in [0.25, 0.3) is 0 Å². The molecule has 1 aromatic heterocycles. The Labute approximate surface area is 103 Å². The standard InChI is InChI=1S/C10H16N2O2S2/c1-7(2)12-10(3,8(13)14)6-16-9-11-4-5-15-9/h4-5,7,12H,6H2,1-3H3,(H,13,14). The van der Waals surface area contributed by atoms with Gasteiger partial charge in [-0.2, -0.15) is 0 Å². The molecule has 6 heteroatoms. The lowest BCUT2D eigenvalue weighted by molar-refractivity contribution is -0.143. The molecule has 16 heavy (non-hydrogen) atoms. The molecule has 0 aliphatic rings. The summed E-state index contributed by atoms with van der Waals surface area (Å²) in [4.78, 5) is 15.3. The van der Waals surface area contributed by atoms with Gasteiger partial charge in [0.2, 0.25) is 0 Å². The molecule has 0 spiro atoms. The summed E-state index contributed by atoms with van der Waals surface area (Å²) in [5.74, 6) is -0.362. The largest absolute Gasteiger partial charge is 0.480 e. The van der Waals surface area contributed by atoms with Gasteiger partial charge in [-0.05, 0) is 20.8 Å². The van der Waals surface area contributed by atoms with E-state index < -0.39 is 11.5 Å². The van der Waals surface area contributed by atoms with Crippen LogP contribution in [0.25, 0.3) is 0 Å². The number of carbonyl (C=O) groups is 1. The van der Waals surface area contributed by atoms with E-state index in [1.165, 1.54) is 23.1 Å². The molecule has 0 fully saturated rings. The fraction of sp³-hybridized carbons (Fsp3) is 0.600. The third-order valence-corrected chi connectivity index (χ3v) is 4.25. The van der Waals surface area contributed by atoms with Gasteiger partial charge in [-0.25, -0.2) is 4.98 Å². The average Bonchev–Trinajstić information content (AvgIpc) is 2.65. The molecule has 0 saturated carbocycles. The number of hydrogen-bond acceptors (Lipinski definition) is 5. The first-order chi connectivity index (χ1) is 7.44. The molecular weight excluding hydrogens is 244 g/mol. The molecule has 0 aromatic carbocycles. The summed E-state index contributed by atoms with van der Waals surface area (Å²) in [6.45, 7) is 5.58. The first-order valence-corrected chi connectivity index (χ1v) is 6.84. The Hall–Kier alpha value is -0.590. The number of hydrogen-bond donors (Lipinski definition) is 2. The van der Waals surface area contributed by atoms with Gasteiger partial charge in [0.05, 0.1) is 0 Å². The highest BCUT2D eigenvalue weighted by Gasteiger charge is 2.33. The third-order valence-electron chi connectivity index (χ3n) is 1.97. The van der Waals surface area contributed by atoms with Crippen molar-refractivity contribution < 1.29 is 9.90 Å². The number of aromatic nitrogens is 1. The topological polar surface area (TPSA) is 62.2 Å². The summed E-state index contributed by atoms with van der Waals surface area (Å²) in [5.41, 5.74) is -0.912. The van der Waals surface area contributed by atoms with Gasteiger partial charge in [-0.15, -0.1) is 11.3 Å². The summed E-state index contributed by atoms with van der Waals surface area (Å²) in [6, 6.07) is 0.137. The molecule has 0 amide bonds. The van der Waals surface area contributed by atoms with Crippen molar-refractivity contribution in [2.24, 2.45) is 0 Å².